The van der Waals surface area contributed by atoms with E-state index in [4.69, 9.17) is 4.74 Å². The normalized spacial score (nSPS) is 11.4. The number of aromatic nitrogens is 3. The van der Waals surface area contributed by atoms with E-state index in [0.717, 1.165) is 29.4 Å². The van der Waals surface area contributed by atoms with Crippen LogP contribution in [0.25, 0.3) is 11.0 Å². The Hall–Kier alpha value is -3.65. The number of carbonyl (C=O) groups excluding carboxylic acids is 1. The highest BCUT2D eigenvalue weighted by atomic mass is 28.3. The van der Waals surface area contributed by atoms with Crippen LogP contribution >= 0.6 is 0 Å². The van der Waals surface area contributed by atoms with Gasteiger partial charge in [0.05, 0.1) is 32.8 Å². The fourth-order valence-electron chi connectivity index (χ4n) is 3.72. The van der Waals surface area contributed by atoms with Gasteiger partial charge in [-0.1, -0.05) is 30.9 Å². The molecule has 8 heteroatoms. The number of ether oxygens (including phenoxy) is 1. The molecule has 0 atom stereocenters. The minimum absolute atomic E-state index is 0.337. The first-order valence-electron chi connectivity index (χ1n) is 10.9. The molecule has 2 amide bonds. The van der Waals surface area contributed by atoms with Gasteiger partial charge in [-0.25, -0.2) is 9.78 Å². The molecule has 0 fully saturated rings. The third-order valence-corrected chi connectivity index (χ3v) is 7.66. The van der Waals surface area contributed by atoms with E-state index in [9.17, 15) is 4.79 Å². The maximum Gasteiger partial charge on any atom is 0.323 e. The van der Waals surface area contributed by atoms with Crippen LogP contribution in [-0.4, -0.2) is 36.2 Å². The van der Waals surface area contributed by atoms with Crippen LogP contribution < -0.4 is 20.6 Å². The number of rotatable bonds is 7. The van der Waals surface area contributed by atoms with Crippen molar-refractivity contribution in [2.45, 2.75) is 32.5 Å². The van der Waals surface area contributed by atoms with Crippen molar-refractivity contribution >= 4 is 41.7 Å². The Morgan fingerprint density at radius 2 is 1.85 bits per heavy atom. The number of anilines is 2. The molecule has 3 aromatic heterocycles. The second-order valence-electron chi connectivity index (χ2n) is 9.03. The Morgan fingerprint density at radius 1 is 1.06 bits per heavy atom. The molecule has 0 unspecified atom stereocenters. The van der Waals surface area contributed by atoms with E-state index in [1.54, 1.807) is 25.7 Å². The van der Waals surface area contributed by atoms with Gasteiger partial charge in [0.15, 0.2) is 0 Å². The molecule has 7 nitrogen and oxygen atoms in total. The minimum atomic E-state index is -1.53. The summed E-state index contributed by atoms with van der Waals surface area (Å²) in [5.74, 6) is 0.629. The highest BCUT2D eigenvalue weighted by Crippen LogP contribution is 2.25. The first-order valence-corrected chi connectivity index (χ1v) is 14.4. The van der Waals surface area contributed by atoms with Gasteiger partial charge in [-0.05, 0) is 54.3 Å². The first kappa shape index (κ1) is 22.5. The number of H-pyrrole nitrogens is 1. The zero-order valence-electron chi connectivity index (χ0n) is 19.4. The van der Waals surface area contributed by atoms with Gasteiger partial charge in [0, 0.05) is 24.0 Å². The summed E-state index contributed by atoms with van der Waals surface area (Å²) < 4.78 is 5.44. The van der Waals surface area contributed by atoms with Gasteiger partial charge in [0.1, 0.15) is 11.4 Å². The van der Waals surface area contributed by atoms with Crippen LogP contribution in [0.15, 0.2) is 61.2 Å². The van der Waals surface area contributed by atoms with Crippen LogP contribution in [0.2, 0.25) is 19.6 Å². The Morgan fingerprint density at radius 3 is 2.58 bits per heavy atom. The highest BCUT2D eigenvalue weighted by molar-refractivity contribution is 6.88. The number of hydrogen-bond acceptors (Lipinski definition) is 4. The number of aromatic amines is 1. The van der Waals surface area contributed by atoms with E-state index in [0.29, 0.717) is 17.1 Å². The van der Waals surface area contributed by atoms with E-state index in [-0.39, 0.29) is 6.03 Å². The maximum atomic E-state index is 12.8. The molecule has 0 aliphatic rings. The van der Waals surface area contributed by atoms with E-state index in [2.05, 4.69) is 51.3 Å². The molecule has 0 bridgehead atoms. The summed E-state index contributed by atoms with van der Waals surface area (Å²) in [6.45, 7) is 6.80. The van der Waals surface area contributed by atoms with Crippen molar-refractivity contribution in [3.8, 4) is 5.75 Å². The zero-order chi connectivity index (χ0) is 23.4. The van der Waals surface area contributed by atoms with Crippen molar-refractivity contribution in [2.24, 2.45) is 0 Å². The van der Waals surface area contributed by atoms with E-state index >= 15 is 0 Å². The molecular formula is C25H29N5O2Si. The van der Waals surface area contributed by atoms with Crippen LogP contribution in [0, 0.1) is 0 Å². The van der Waals surface area contributed by atoms with Crippen LogP contribution in [-0.2, 0) is 12.8 Å². The van der Waals surface area contributed by atoms with Gasteiger partial charge in [0.25, 0.3) is 0 Å². The lowest BCUT2D eigenvalue weighted by Gasteiger charge is -2.19. The quantitative estimate of drug-likeness (QED) is 0.341. The molecule has 0 radical (unpaired) electrons. The van der Waals surface area contributed by atoms with Crippen molar-refractivity contribution in [3.63, 3.8) is 0 Å². The van der Waals surface area contributed by atoms with Crippen molar-refractivity contribution in [3.05, 3.63) is 72.3 Å². The van der Waals surface area contributed by atoms with Crippen LogP contribution in [0.1, 0.15) is 11.1 Å². The molecule has 0 saturated carbocycles. The monoisotopic (exact) mass is 459 g/mol. The summed E-state index contributed by atoms with van der Waals surface area (Å²) in [6.07, 6.45) is 9.02. The largest absolute Gasteiger partial charge is 0.495 e. The summed E-state index contributed by atoms with van der Waals surface area (Å²) in [5.41, 5.74) is 4.47. The summed E-state index contributed by atoms with van der Waals surface area (Å²) in [6, 6.07) is 11.7. The summed E-state index contributed by atoms with van der Waals surface area (Å²) in [4.78, 5) is 24.5. The Kier molecular flexibility index (Phi) is 6.46. The Bertz CT molecular complexity index is 1270. The average Bonchev–Trinajstić information content (AvgIpc) is 3.20. The molecule has 0 aliphatic heterocycles. The van der Waals surface area contributed by atoms with Gasteiger partial charge >= 0.3 is 6.03 Å². The van der Waals surface area contributed by atoms with Crippen LogP contribution in [0.4, 0.5) is 16.2 Å². The van der Waals surface area contributed by atoms with Crippen molar-refractivity contribution < 1.29 is 9.53 Å². The van der Waals surface area contributed by atoms with Gasteiger partial charge in [0.2, 0.25) is 0 Å². The van der Waals surface area contributed by atoms with Crippen LogP contribution in [0.5, 0.6) is 5.75 Å². The highest BCUT2D eigenvalue weighted by Gasteiger charge is 2.19. The number of aryl methyl sites for hydroxylation is 2. The molecule has 4 rings (SSSR count). The molecule has 33 heavy (non-hydrogen) atoms. The molecule has 3 heterocycles. The van der Waals surface area contributed by atoms with Crippen molar-refractivity contribution in [1.82, 2.24) is 15.0 Å². The fourth-order valence-corrected chi connectivity index (χ4v) is 4.88. The molecule has 0 spiro atoms. The van der Waals surface area contributed by atoms with E-state index in [1.165, 1.54) is 10.8 Å². The number of nitrogens with one attached hydrogen (secondary N) is 3. The number of pyridine rings is 2. The Labute approximate surface area is 194 Å². The van der Waals surface area contributed by atoms with E-state index in [1.807, 2.05) is 36.5 Å². The number of methoxy groups -OCH3 is 1. The van der Waals surface area contributed by atoms with Gasteiger partial charge in [-0.3, -0.25) is 4.98 Å². The molecule has 1 aromatic carbocycles. The third kappa shape index (κ3) is 5.40. The zero-order valence-corrected chi connectivity index (χ0v) is 20.4. The summed E-state index contributed by atoms with van der Waals surface area (Å²) in [5, 5.41) is 8.08. The van der Waals surface area contributed by atoms with E-state index < -0.39 is 8.07 Å². The lowest BCUT2D eigenvalue weighted by Crippen LogP contribution is -2.37. The number of urea groups is 1. The standard InChI is InChI=1S/C25H29N5O2Si/c1-32-23-8-7-20(33(2,3)4)14-22(23)30-25(31)29-19-13-21-18(15-27-24(21)28-16-19)6-5-17-9-11-26-12-10-17/h7-16H,5-6H2,1-4H3,(H,27,28)(H2,29,30,31). The second-order valence-corrected chi connectivity index (χ2v) is 14.1. The number of nitrogens with zero attached hydrogens (tertiary/aromatic N) is 2. The topological polar surface area (TPSA) is 91.9 Å². The Balaban J connectivity index is 1.49. The minimum Gasteiger partial charge on any atom is -0.495 e. The second kappa shape index (κ2) is 9.46. The maximum absolute atomic E-state index is 12.8. The lowest BCUT2D eigenvalue weighted by atomic mass is 10.1. The predicted molar refractivity (Wildman–Crippen MR) is 136 cm³/mol. The number of benzene rings is 1. The average molecular weight is 460 g/mol. The molecule has 3 N–H and O–H groups in total. The van der Waals surface area contributed by atoms with Crippen molar-refractivity contribution in [1.29, 1.82) is 0 Å². The van der Waals surface area contributed by atoms with Gasteiger partial charge in [-0.15, -0.1) is 0 Å². The van der Waals surface area contributed by atoms with Gasteiger partial charge in [-0.2, -0.15) is 0 Å². The predicted octanol–water partition coefficient (Wildman–Crippen LogP) is 4.94. The smallest absolute Gasteiger partial charge is 0.323 e. The molecular weight excluding hydrogens is 430 g/mol. The number of fused-ring (bicyclic) bond motifs is 1. The number of hydrogen-bond donors (Lipinski definition) is 3. The number of carbonyl (C=O) groups is 1. The molecule has 0 saturated heterocycles. The van der Waals surface area contributed by atoms with Crippen molar-refractivity contribution in [2.75, 3.05) is 17.7 Å². The summed E-state index contributed by atoms with van der Waals surface area (Å²) in [7, 11) is 0.0696. The first-order chi connectivity index (χ1) is 15.8. The fraction of sp³-hybridized carbons (Fsp3) is 0.240. The summed E-state index contributed by atoms with van der Waals surface area (Å²) >= 11 is 0. The SMILES string of the molecule is COc1ccc([Si](C)(C)C)cc1NC(=O)Nc1cnc2[nH]cc(CCc3ccncc3)c2c1. The molecule has 170 valence electrons. The number of amides is 2. The van der Waals surface area contributed by atoms with Gasteiger partial charge < -0.3 is 20.4 Å². The van der Waals surface area contributed by atoms with Crippen LogP contribution in [0.3, 0.4) is 0 Å². The lowest BCUT2D eigenvalue weighted by molar-refractivity contribution is 0.262. The molecule has 0 aliphatic carbocycles. The molecule has 4 aromatic rings. The third-order valence-electron chi connectivity index (χ3n) is 5.62.